The predicted octanol–water partition coefficient (Wildman–Crippen LogP) is 4.63. The van der Waals surface area contributed by atoms with Crippen LogP contribution in [0.25, 0.3) is 0 Å². The molecule has 136 valence electrons. The van der Waals surface area contributed by atoms with Gasteiger partial charge < -0.3 is 14.9 Å². The Morgan fingerprint density at radius 1 is 0.696 bits per heavy atom. The molecular formula is C18H34O5. The number of aliphatic carboxylic acids is 2. The van der Waals surface area contributed by atoms with E-state index in [1.165, 1.54) is 0 Å². The first-order chi connectivity index (χ1) is 11.0. The monoisotopic (exact) mass is 330 g/mol. The molecule has 2 atom stereocenters. The van der Waals surface area contributed by atoms with Crippen LogP contribution < -0.4 is 0 Å². The fourth-order valence-corrected chi connectivity index (χ4v) is 2.56. The molecule has 5 heteroatoms. The van der Waals surface area contributed by atoms with E-state index in [4.69, 9.17) is 4.74 Å². The number of rotatable bonds is 16. The Balaban J connectivity index is 4.19. The van der Waals surface area contributed by atoms with Gasteiger partial charge in [0.1, 0.15) is 0 Å². The van der Waals surface area contributed by atoms with Crippen LogP contribution in [0.5, 0.6) is 0 Å². The maximum atomic E-state index is 11.3. The minimum atomic E-state index is -1.06. The molecule has 0 saturated heterocycles. The lowest BCUT2D eigenvalue weighted by molar-refractivity contribution is -0.166. The van der Waals surface area contributed by atoms with E-state index < -0.39 is 24.1 Å². The second-order valence-corrected chi connectivity index (χ2v) is 6.20. The Kier molecular flexibility index (Phi) is 13.8. The van der Waals surface area contributed by atoms with E-state index in [2.05, 4.69) is 13.8 Å². The van der Waals surface area contributed by atoms with E-state index in [1.807, 2.05) is 0 Å². The van der Waals surface area contributed by atoms with Gasteiger partial charge in [0.15, 0.2) is 12.2 Å². The topological polar surface area (TPSA) is 83.8 Å². The van der Waals surface area contributed by atoms with Gasteiger partial charge in [0, 0.05) is 0 Å². The van der Waals surface area contributed by atoms with Crippen molar-refractivity contribution < 1.29 is 24.5 Å². The molecule has 2 unspecified atom stereocenters. The molecule has 0 bridgehead atoms. The van der Waals surface area contributed by atoms with Crippen molar-refractivity contribution >= 4 is 11.9 Å². The average Bonchev–Trinajstić information content (AvgIpc) is 2.51. The lowest BCUT2D eigenvalue weighted by Crippen LogP contribution is -2.34. The van der Waals surface area contributed by atoms with Crippen molar-refractivity contribution in [3.8, 4) is 0 Å². The van der Waals surface area contributed by atoms with Crippen molar-refractivity contribution in [3.63, 3.8) is 0 Å². The first-order valence-corrected chi connectivity index (χ1v) is 9.13. The molecule has 0 spiro atoms. The fraction of sp³-hybridized carbons (Fsp3) is 0.889. The van der Waals surface area contributed by atoms with Gasteiger partial charge in [-0.3, -0.25) is 0 Å². The molecule has 0 amide bonds. The summed E-state index contributed by atoms with van der Waals surface area (Å²) in [7, 11) is 0. The van der Waals surface area contributed by atoms with Gasteiger partial charge in [-0.05, 0) is 12.8 Å². The highest BCUT2D eigenvalue weighted by Gasteiger charge is 2.26. The summed E-state index contributed by atoms with van der Waals surface area (Å²) in [6.07, 6.45) is 8.97. The van der Waals surface area contributed by atoms with Crippen LogP contribution in [0.2, 0.25) is 0 Å². The number of hydrogen-bond donors (Lipinski definition) is 2. The number of ether oxygens (including phenoxy) is 1. The van der Waals surface area contributed by atoms with Crippen LogP contribution >= 0.6 is 0 Å². The Labute approximate surface area is 140 Å². The van der Waals surface area contributed by atoms with Crippen molar-refractivity contribution in [2.24, 2.45) is 0 Å². The van der Waals surface area contributed by atoms with Crippen molar-refractivity contribution in [3.05, 3.63) is 0 Å². The van der Waals surface area contributed by atoms with Gasteiger partial charge in [0.2, 0.25) is 0 Å². The number of unbranched alkanes of at least 4 members (excludes halogenated alkanes) is 8. The van der Waals surface area contributed by atoms with Gasteiger partial charge in [-0.25, -0.2) is 9.59 Å². The molecule has 0 heterocycles. The van der Waals surface area contributed by atoms with E-state index in [1.54, 1.807) is 0 Å². The minimum absolute atomic E-state index is 0.388. The molecular weight excluding hydrogens is 296 g/mol. The van der Waals surface area contributed by atoms with Crippen LogP contribution in [0.1, 0.15) is 90.9 Å². The number of carboxylic acids is 2. The van der Waals surface area contributed by atoms with Gasteiger partial charge in [-0.1, -0.05) is 78.1 Å². The summed E-state index contributed by atoms with van der Waals surface area (Å²) in [5.41, 5.74) is 0. The zero-order valence-corrected chi connectivity index (χ0v) is 14.8. The van der Waals surface area contributed by atoms with Crippen LogP contribution in [0.15, 0.2) is 0 Å². The normalized spacial score (nSPS) is 13.7. The molecule has 0 aromatic rings. The number of carboxylic acid groups (broad SMARTS) is 2. The maximum Gasteiger partial charge on any atom is 0.332 e. The Bertz CT molecular complexity index is 287. The standard InChI is InChI=1S/C18H34O5/c1-3-5-7-9-11-13-15(17(19)20)23-16(18(21)22)14-12-10-8-6-4-2/h15-16H,3-14H2,1-2H3,(H,19,20)(H,21,22). The molecule has 5 nitrogen and oxygen atoms in total. The molecule has 0 aromatic carbocycles. The molecule has 0 aromatic heterocycles. The maximum absolute atomic E-state index is 11.3. The summed E-state index contributed by atoms with van der Waals surface area (Å²) in [4.78, 5) is 22.5. The third kappa shape index (κ3) is 12.0. The number of carbonyl (C=O) groups is 2. The van der Waals surface area contributed by atoms with Gasteiger partial charge in [-0.2, -0.15) is 0 Å². The predicted molar refractivity (Wildman–Crippen MR) is 90.7 cm³/mol. The highest BCUT2D eigenvalue weighted by atomic mass is 16.5. The van der Waals surface area contributed by atoms with E-state index in [-0.39, 0.29) is 0 Å². The molecule has 0 saturated carbocycles. The molecule has 0 aliphatic heterocycles. The summed E-state index contributed by atoms with van der Waals surface area (Å²) in [5, 5.41) is 18.5. The largest absolute Gasteiger partial charge is 0.479 e. The lowest BCUT2D eigenvalue weighted by atomic mass is 10.1. The lowest BCUT2D eigenvalue weighted by Gasteiger charge is -2.19. The van der Waals surface area contributed by atoms with E-state index in [9.17, 15) is 19.8 Å². The Morgan fingerprint density at radius 3 is 1.35 bits per heavy atom. The highest BCUT2D eigenvalue weighted by molar-refractivity contribution is 5.75. The highest BCUT2D eigenvalue weighted by Crippen LogP contribution is 2.16. The first-order valence-electron chi connectivity index (χ1n) is 9.13. The summed E-state index contributed by atoms with van der Waals surface area (Å²) in [6.45, 7) is 4.25. The molecule has 0 fully saturated rings. The molecule has 0 aliphatic carbocycles. The quantitative estimate of drug-likeness (QED) is 0.403. The third-order valence-corrected chi connectivity index (χ3v) is 4.02. The SMILES string of the molecule is CCCCCCCC(OC(CCCCCCC)C(=O)O)C(=O)O. The van der Waals surface area contributed by atoms with E-state index in [0.29, 0.717) is 12.8 Å². The second kappa shape index (κ2) is 14.5. The third-order valence-electron chi connectivity index (χ3n) is 4.02. The van der Waals surface area contributed by atoms with Crippen molar-refractivity contribution in [1.29, 1.82) is 0 Å². The van der Waals surface area contributed by atoms with Crippen LogP contribution in [-0.2, 0) is 14.3 Å². The Morgan fingerprint density at radius 2 is 1.04 bits per heavy atom. The van der Waals surface area contributed by atoms with Crippen molar-refractivity contribution in [2.45, 2.75) is 103 Å². The summed E-state index contributed by atoms with van der Waals surface area (Å²) < 4.78 is 5.39. The zero-order chi connectivity index (χ0) is 17.5. The van der Waals surface area contributed by atoms with Crippen LogP contribution in [0.4, 0.5) is 0 Å². The summed E-state index contributed by atoms with van der Waals surface area (Å²) >= 11 is 0. The van der Waals surface area contributed by atoms with Gasteiger partial charge in [0.05, 0.1) is 0 Å². The molecule has 23 heavy (non-hydrogen) atoms. The fourth-order valence-electron chi connectivity index (χ4n) is 2.56. The second-order valence-electron chi connectivity index (χ2n) is 6.20. The number of hydrogen-bond acceptors (Lipinski definition) is 3. The summed E-state index contributed by atoms with van der Waals surface area (Å²) in [6, 6.07) is 0. The van der Waals surface area contributed by atoms with E-state index >= 15 is 0 Å². The van der Waals surface area contributed by atoms with Crippen LogP contribution in [0.3, 0.4) is 0 Å². The molecule has 0 aliphatic rings. The van der Waals surface area contributed by atoms with Crippen LogP contribution in [0, 0.1) is 0 Å². The average molecular weight is 330 g/mol. The van der Waals surface area contributed by atoms with Crippen LogP contribution in [-0.4, -0.2) is 34.4 Å². The zero-order valence-electron chi connectivity index (χ0n) is 14.8. The van der Waals surface area contributed by atoms with E-state index in [0.717, 1.165) is 64.2 Å². The molecule has 0 rings (SSSR count). The van der Waals surface area contributed by atoms with Gasteiger partial charge >= 0.3 is 11.9 Å². The van der Waals surface area contributed by atoms with Crippen molar-refractivity contribution in [2.75, 3.05) is 0 Å². The van der Waals surface area contributed by atoms with Gasteiger partial charge in [0.25, 0.3) is 0 Å². The smallest absolute Gasteiger partial charge is 0.332 e. The summed E-state index contributed by atoms with van der Waals surface area (Å²) in [5.74, 6) is -2.12. The Hall–Kier alpha value is -1.10. The van der Waals surface area contributed by atoms with Crippen molar-refractivity contribution in [1.82, 2.24) is 0 Å². The first kappa shape index (κ1) is 21.9. The minimum Gasteiger partial charge on any atom is -0.479 e. The van der Waals surface area contributed by atoms with Gasteiger partial charge in [-0.15, -0.1) is 0 Å². The molecule has 0 radical (unpaired) electrons. The molecule has 2 N–H and O–H groups in total.